The first-order chi connectivity index (χ1) is 20.9. The van der Waals surface area contributed by atoms with E-state index in [2.05, 4.69) is 20.9 Å². The predicted molar refractivity (Wildman–Crippen MR) is 160 cm³/mol. The quantitative estimate of drug-likeness (QED) is 0.0845. The molecule has 0 fully saturated rings. The number of rotatable bonds is 20. The Labute approximate surface area is 255 Å². The Hall–Kier alpha value is -3.48. The third-order valence-electron chi connectivity index (χ3n) is 3.56. The molecule has 0 saturated carbocycles. The van der Waals surface area contributed by atoms with Crippen LogP contribution >= 0.6 is 0 Å². The van der Waals surface area contributed by atoms with Crippen LogP contribution in [-0.4, -0.2) is 101 Å². The molecule has 0 aromatic rings. The van der Waals surface area contributed by atoms with E-state index < -0.39 is 10.4 Å². The van der Waals surface area contributed by atoms with E-state index in [1.807, 2.05) is 47.5 Å². The van der Waals surface area contributed by atoms with Gasteiger partial charge in [0.05, 0.1) is 32.5 Å². The lowest BCUT2D eigenvalue weighted by molar-refractivity contribution is -0.108. The van der Waals surface area contributed by atoms with Crippen molar-refractivity contribution in [1.29, 1.82) is 0 Å². The Morgan fingerprint density at radius 1 is 0.651 bits per heavy atom. The first kappa shape index (κ1) is 63.0. The first-order valence-electron chi connectivity index (χ1n) is 11.9. The Balaban J connectivity index is -0.0000000547. The molecule has 0 aliphatic heterocycles. The predicted octanol–water partition coefficient (Wildman–Crippen LogP) is 1.35. The average molecular weight is 650 g/mol. The second kappa shape index (κ2) is 83.3. The number of unbranched alkanes of at least 4 members (excludes halogenated alkanes) is 8. The van der Waals surface area contributed by atoms with Crippen LogP contribution in [0, 0.1) is 0 Å². The minimum atomic E-state index is -4.09. The summed E-state index contributed by atoms with van der Waals surface area (Å²) in [6.07, 6.45) is 13.0. The molecule has 16 nitrogen and oxygen atoms in total. The molecule has 0 aromatic heterocycles. The van der Waals surface area contributed by atoms with Gasteiger partial charge in [-0.05, 0) is 19.8 Å². The molecule has 43 heavy (non-hydrogen) atoms. The summed E-state index contributed by atoms with van der Waals surface area (Å²) in [4.78, 5) is 76.0. The van der Waals surface area contributed by atoms with Gasteiger partial charge in [-0.3, -0.25) is 0 Å². The van der Waals surface area contributed by atoms with Crippen molar-refractivity contribution in [2.24, 2.45) is 5.90 Å². The second-order valence-corrected chi connectivity index (χ2v) is 7.46. The second-order valence-electron chi connectivity index (χ2n) is 6.22. The van der Waals surface area contributed by atoms with Gasteiger partial charge in [0.1, 0.15) is 60.1 Å². The van der Waals surface area contributed by atoms with Crippen molar-refractivity contribution in [3.63, 3.8) is 0 Å². The van der Waals surface area contributed by atoms with Gasteiger partial charge in [0.2, 0.25) is 0 Å². The molecule has 0 rings (SSSR count). The molecule has 0 aromatic carbocycles. The van der Waals surface area contributed by atoms with E-state index in [4.69, 9.17) is 43.0 Å². The fraction of sp³-hybridized carbons (Fsp3) is 0.577. The van der Waals surface area contributed by atoms with E-state index in [9.17, 15) is 18.0 Å². The molecule has 2 N–H and O–H groups in total. The maximum absolute atomic E-state index is 10.6. The normalized spacial score (nSPS) is 8.70. The number of hydrogen-bond donors (Lipinski definition) is 1. The van der Waals surface area contributed by atoms with Crippen LogP contribution in [0.2, 0.25) is 0 Å². The molecular weight excluding hydrogens is 598 g/mol. The molecular formula is C26H51NO15S. The number of ether oxygens (including phenoxy) is 2. The summed E-state index contributed by atoms with van der Waals surface area (Å²) in [5, 5.41) is 0. The van der Waals surface area contributed by atoms with Crippen LogP contribution in [0.5, 0.6) is 0 Å². The molecule has 0 bridgehead atoms. The highest BCUT2D eigenvalue weighted by Crippen LogP contribution is 2.08. The maximum atomic E-state index is 10.6. The summed E-state index contributed by atoms with van der Waals surface area (Å²) in [6, 6.07) is 0. The molecule has 0 amide bonds. The summed E-state index contributed by atoms with van der Waals surface area (Å²) < 4.78 is 39.4. The van der Waals surface area contributed by atoms with Crippen molar-refractivity contribution in [3.05, 3.63) is 12.7 Å². The zero-order chi connectivity index (χ0) is 36.2. The zero-order valence-corrected chi connectivity index (χ0v) is 26.1. The van der Waals surface area contributed by atoms with Crippen molar-refractivity contribution in [2.45, 2.75) is 70.8 Å². The van der Waals surface area contributed by atoms with Crippen LogP contribution in [0.1, 0.15) is 64.7 Å². The molecule has 0 saturated heterocycles. The third-order valence-corrected chi connectivity index (χ3v) is 4.25. The van der Waals surface area contributed by atoms with Crippen molar-refractivity contribution in [1.82, 2.24) is 0 Å². The SMILES string of the molecule is C=CCOCC(C)OCCOS(=O)(=O)ON.C=O.C=O.C=O.C=O.C=O.C=O.C=O.O=CCCCCCCCCCC=O. The molecule has 1 atom stereocenters. The molecule has 1 unspecified atom stereocenters. The lowest BCUT2D eigenvalue weighted by Crippen LogP contribution is -2.21. The maximum Gasteiger partial charge on any atom is 0.415 e. The highest BCUT2D eigenvalue weighted by Gasteiger charge is 2.09. The minimum absolute atomic E-state index is 0.0984. The summed E-state index contributed by atoms with van der Waals surface area (Å²) in [7, 11) is -4.09. The van der Waals surface area contributed by atoms with Gasteiger partial charge < -0.3 is 52.6 Å². The van der Waals surface area contributed by atoms with Gasteiger partial charge in [-0.15, -0.1) is 6.58 Å². The van der Waals surface area contributed by atoms with Crippen molar-refractivity contribution < 1.29 is 69.5 Å². The lowest BCUT2D eigenvalue weighted by Gasteiger charge is -2.12. The summed E-state index contributed by atoms with van der Waals surface area (Å²) in [6.45, 7) is 20.1. The Morgan fingerprint density at radius 3 is 1.30 bits per heavy atom. The van der Waals surface area contributed by atoms with E-state index in [0.29, 0.717) is 26.1 Å². The monoisotopic (exact) mass is 649 g/mol. The van der Waals surface area contributed by atoms with Crippen molar-refractivity contribution >= 4 is 70.5 Å². The van der Waals surface area contributed by atoms with Crippen LogP contribution in [0.15, 0.2) is 12.7 Å². The molecule has 0 radical (unpaired) electrons. The van der Waals surface area contributed by atoms with Gasteiger partial charge in [-0.1, -0.05) is 38.2 Å². The van der Waals surface area contributed by atoms with E-state index in [0.717, 1.165) is 25.4 Å². The van der Waals surface area contributed by atoms with Gasteiger partial charge in [-0.2, -0.15) is 18.6 Å². The van der Waals surface area contributed by atoms with Crippen LogP contribution in [0.25, 0.3) is 0 Å². The molecule has 256 valence electrons. The minimum Gasteiger partial charge on any atom is -0.375 e. The zero-order valence-electron chi connectivity index (χ0n) is 25.3. The Bertz CT molecular complexity index is 565. The van der Waals surface area contributed by atoms with Gasteiger partial charge in [-0.25, -0.2) is 4.18 Å². The average Bonchev–Trinajstić information content (AvgIpc) is 3.09. The molecule has 0 aliphatic rings. The number of nitrogens with two attached hydrogens (primary N) is 1. The molecule has 0 spiro atoms. The summed E-state index contributed by atoms with van der Waals surface area (Å²) in [5.74, 6) is 4.45. The highest BCUT2D eigenvalue weighted by atomic mass is 32.3. The topological polar surface area (TPSA) is 251 Å². The van der Waals surface area contributed by atoms with Crippen LogP contribution in [-0.2, 0) is 71.5 Å². The number of hydrogen-bond acceptors (Lipinski definition) is 16. The highest BCUT2D eigenvalue weighted by molar-refractivity contribution is 7.81. The Morgan fingerprint density at radius 2 is 1.00 bits per heavy atom. The van der Waals surface area contributed by atoms with Crippen molar-refractivity contribution in [3.8, 4) is 0 Å². The largest absolute Gasteiger partial charge is 0.415 e. The summed E-state index contributed by atoms with van der Waals surface area (Å²) >= 11 is 0. The van der Waals surface area contributed by atoms with Gasteiger partial charge in [0.15, 0.2) is 0 Å². The van der Waals surface area contributed by atoms with Crippen LogP contribution < -0.4 is 5.90 Å². The van der Waals surface area contributed by atoms with E-state index in [1.54, 1.807) is 13.0 Å². The lowest BCUT2D eigenvalue weighted by atomic mass is 10.1. The number of carbonyl (C=O) groups excluding carboxylic acids is 9. The number of carbonyl (C=O) groups is 9. The molecule has 0 heterocycles. The van der Waals surface area contributed by atoms with Gasteiger partial charge >= 0.3 is 10.4 Å². The standard InChI is InChI=1S/C11H20O2.C8H17NO6S.7CH2O/c12-10-8-6-4-2-1-3-5-7-9-11-13;1-3-4-12-7-8(2)13-5-6-14-16(10,11)15-9;7*1-2/h10-11H,1-9H2;3,8H,1,4-7,9H2,2H3;7*1H2. The van der Waals surface area contributed by atoms with E-state index >= 15 is 0 Å². The first-order valence-corrected chi connectivity index (χ1v) is 13.2. The number of aldehydes is 2. The van der Waals surface area contributed by atoms with Crippen LogP contribution in [0.3, 0.4) is 0 Å². The Kier molecular flexibility index (Phi) is 122. The van der Waals surface area contributed by atoms with Crippen molar-refractivity contribution in [2.75, 3.05) is 26.4 Å². The summed E-state index contributed by atoms with van der Waals surface area (Å²) in [5.41, 5.74) is 0. The van der Waals surface area contributed by atoms with Crippen LogP contribution in [0.4, 0.5) is 0 Å². The third kappa shape index (κ3) is 101. The van der Waals surface area contributed by atoms with Gasteiger partial charge in [0, 0.05) is 12.8 Å². The smallest absolute Gasteiger partial charge is 0.375 e. The fourth-order valence-electron chi connectivity index (χ4n) is 2.12. The van der Waals surface area contributed by atoms with E-state index in [1.165, 1.54) is 32.1 Å². The molecule has 0 aliphatic carbocycles. The fourth-order valence-corrected chi connectivity index (χ4v) is 2.45. The van der Waals surface area contributed by atoms with Gasteiger partial charge in [0.25, 0.3) is 0 Å². The van der Waals surface area contributed by atoms with E-state index in [-0.39, 0.29) is 19.3 Å². The molecule has 17 heteroatoms.